The van der Waals surface area contributed by atoms with Gasteiger partial charge in [0.2, 0.25) is 5.76 Å². The Kier molecular flexibility index (Phi) is 4.23. The molecular formula is C16H20N2O2. The SMILES string of the molecule is Cc1cc(C(=O)NC(C)c2ccc(C(C)C)cc2)on1. The first-order valence-electron chi connectivity index (χ1n) is 6.81. The van der Waals surface area contributed by atoms with Gasteiger partial charge in [-0.25, -0.2) is 0 Å². The van der Waals surface area contributed by atoms with E-state index in [0.29, 0.717) is 11.6 Å². The Morgan fingerprint density at radius 3 is 2.25 bits per heavy atom. The Hall–Kier alpha value is -2.10. The molecule has 0 saturated carbocycles. The van der Waals surface area contributed by atoms with Crippen LogP contribution in [0.25, 0.3) is 0 Å². The minimum Gasteiger partial charge on any atom is -0.351 e. The van der Waals surface area contributed by atoms with Gasteiger partial charge in [-0.15, -0.1) is 0 Å². The zero-order valence-electron chi connectivity index (χ0n) is 12.3. The molecule has 1 aromatic carbocycles. The number of nitrogens with one attached hydrogen (secondary N) is 1. The maximum atomic E-state index is 12.0. The fraction of sp³-hybridized carbons (Fsp3) is 0.375. The van der Waals surface area contributed by atoms with Crippen molar-refractivity contribution in [1.82, 2.24) is 10.5 Å². The van der Waals surface area contributed by atoms with Gasteiger partial charge in [-0.05, 0) is 30.9 Å². The van der Waals surface area contributed by atoms with E-state index in [1.54, 1.807) is 13.0 Å². The minimum absolute atomic E-state index is 0.0749. The maximum Gasteiger partial charge on any atom is 0.290 e. The van der Waals surface area contributed by atoms with E-state index >= 15 is 0 Å². The van der Waals surface area contributed by atoms with Crippen LogP contribution < -0.4 is 5.32 Å². The van der Waals surface area contributed by atoms with Crippen LogP contribution in [0.3, 0.4) is 0 Å². The second-order valence-corrected chi connectivity index (χ2v) is 5.35. The second-order valence-electron chi connectivity index (χ2n) is 5.35. The summed E-state index contributed by atoms with van der Waals surface area (Å²) in [6.07, 6.45) is 0. The highest BCUT2D eigenvalue weighted by Crippen LogP contribution is 2.19. The normalized spacial score (nSPS) is 12.4. The van der Waals surface area contributed by atoms with E-state index in [1.807, 2.05) is 19.1 Å². The number of hydrogen-bond acceptors (Lipinski definition) is 3. The number of aryl methyl sites for hydroxylation is 1. The monoisotopic (exact) mass is 272 g/mol. The summed E-state index contributed by atoms with van der Waals surface area (Å²) in [5.74, 6) is 0.505. The van der Waals surface area contributed by atoms with E-state index in [-0.39, 0.29) is 17.7 Å². The zero-order valence-corrected chi connectivity index (χ0v) is 12.3. The Morgan fingerprint density at radius 2 is 1.75 bits per heavy atom. The molecule has 106 valence electrons. The molecule has 1 aromatic heterocycles. The zero-order chi connectivity index (χ0) is 14.7. The molecule has 4 heteroatoms. The van der Waals surface area contributed by atoms with Crippen LogP contribution in [-0.2, 0) is 0 Å². The van der Waals surface area contributed by atoms with Crippen molar-refractivity contribution in [3.05, 3.63) is 52.9 Å². The molecule has 0 radical (unpaired) electrons. The lowest BCUT2D eigenvalue weighted by Gasteiger charge is -2.14. The van der Waals surface area contributed by atoms with Gasteiger partial charge in [0, 0.05) is 6.07 Å². The molecule has 0 aliphatic rings. The average Bonchev–Trinajstić information content (AvgIpc) is 2.85. The summed E-state index contributed by atoms with van der Waals surface area (Å²) in [5, 5.41) is 6.61. The van der Waals surface area contributed by atoms with Gasteiger partial charge in [-0.2, -0.15) is 0 Å². The third kappa shape index (κ3) is 3.26. The number of aromatic nitrogens is 1. The Labute approximate surface area is 119 Å². The molecule has 0 bridgehead atoms. The van der Waals surface area contributed by atoms with E-state index in [4.69, 9.17) is 4.52 Å². The number of carbonyl (C=O) groups is 1. The summed E-state index contributed by atoms with van der Waals surface area (Å²) in [6, 6.07) is 9.85. The average molecular weight is 272 g/mol. The van der Waals surface area contributed by atoms with Gasteiger partial charge in [-0.3, -0.25) is 4.79 Å². The minimum atomic E-state index is -0.244. The molecule has 0 saturated heterocycles. The van der Waals surface area contributed by atoms with E-state index in [0.717, 1.165) is 5.56 Å². The van der Waals surface area contributed by atoms with Gasteiger partial charge in [-0.1, -0.05) is 43.3 Å². The van der Waals surface area contributed by atoms with Crippen LogP contribution in [0.5, 0.6) is 0 Å². The molecule has 0 fully saturated rings. The highest BCUT2D eigenvalue weighted by Gasteiger charge is 2.15. The highest BCUT2D eigenvalue weighted by atomic mass is 16.5. The lowest BCUT2D eigenvalue weighted by atomic mass is 9.99. The van der Waals surface area contributed by atoms with E-state index in [2.05, 4.69) is 36.5 Å². The predicted molar refractivity (Wildman–Crippen MR) is 77.7 cm³/mol. The molecule has 20 heavy (non-hydrogen) atoms. The van der Waals surface area contributed by atoms with Gasteiger partial charge in [0.05, 0.1) is 11.7 Å². The molecule has 0 aliphatic carbocycles. The lowest BCUT2D eigenvalue weighted by Crippen LogP contribution is -2.26. The fourth-order valence-corrected chi connectivity index (χ4v) is 1.99. The Bertz CT molecular complexity index is 585. The van der Waals surface area contributed by atoms with E-state index in [1.165, 1.54) is 5.56 Å². The van der Waals surface area contributed by atoms with Gasteiger partial charge in [0.1, 0.15) is 0 Å². The first-order chi connectivity index (χ1) is 9.47. The number of nitrogens with zero attached hydrogens (tertiary/aromatic N) is 1. The maximum absolute atomic E-state index is 12.0. The van der Waals surface area contributed by atoms with Crippen LogP contribution in [0.4, 0.5) is 0 Å². The molecule has 2 rings (SSSR count). The number of carbonyl (C=O) groups excluding carboxylic acids is 1. The summed E-state index contributed by atoms with van der Waals surface area (Å²) in [5.41, 5.74) is 3.06. The molecule has 1 unspecified atom stereocenters. The molecule has 0 spiro atoms. The molecule has 1 atom stereocenters. The molecule has 1 heterocycles. The van der Waals surface area contributed by atoms with E-state index in [9.17, 15) is 4.79 Å². The third-order valence-corrected chi connectivity index (χ3v) is 3.30. The van der Waals surface area contributed by atoms with Crippen molar-refractivity contribution in [2.24, 2.45) is 0 Å². The van der Waals surface area contributed by atoms with E-state index < -0.39 is 0 Å². The predicted octanol–water partition coefficient (Wildman–Crippen LogP) is 3.60. The van der Waals surface area contributed by atoms with Crippen molar-refractivity contribution < 1.29 is 9.32 Å². The van der Waals surface area contributed by atoms with Gasteiger partial charge in [0.15, 0.2) is 0 Å². The smallest absolute Gasteiger partial charge is 0.290 e. The van der Waals surface area contributed by atoms with Crippen LogP contribution >= 0.6 is 0 Å². The van der Waals surface area contributed by atoms with Crippen molar-refractivity contribution in [3.8, 4) is 0 Å². The van der Waals surface area contributed by atoms with Crippen LogP contribution in [0.1, 0.15) is 60.1 Å². The quantitative estimate of drug-likeness (QED) is 0.925. The molecule has 0 aliphatic heterocycles. The third-order valence-electron chi connectivity index (χ3n) is 3.30. The molecular weight excluding hydrogens is 252 g/mol. The van der Waals surface area contributed by atoms with Crippen LogP contribution in [0.2, 0.25) is 0 Å². The summed E-state index contributed by atoms with van der Waals surface area (Å²) in [4.78, 5) is 12.0. The molecule has 2 aromatic rings. The van der Waals surface area contributed by atoms with Crippen LogP contribution in [0.15, 0.2) is 34.9 Å². The largest absolute Gasteiger partial charge is 0.351 e. The fourth-order valence-electron chi connectivity index (χ4n) is 1.99. The summed E-state index contributed by atoms with van der Waals surface area (Å²) < 4.78 is 4.95. The van der Waals surface area contributed by atoms with Crippen molar-refractivity contribution in [3.63, 3.8) is 0 Å². The van der Waals surface area contributed by atoms with Gasteiger partial charge >= 0.3 is 0 Å². The Balaban J connectivity index is 2.04. The topological polar surface area (TPSA) is 55.1 Å². The van der Waals surface area contributed by atoms with Crippen molar-refractivity contribution in [1.29, 1.82) is 0 Å². The van der Waals surface area contributed by atoms with Gasteiger partial charge in [0.25, 0.3) is 5.91 Å². The second kappa shape index (κ2) is 5.90. The Morgan fingerprint density at radius 1 is 1.15 bits per heavy atom. The van der Waals surface area contributed by atoms with Crippen molar-refractivity contribution in [2.75, 3.05) is 0 Å². The number of amides is 1. The standard InChI is InChI=1S/C16H20N2O2/c1-10(2)13-5-7-14(8-6-13)12(4)17-16(19)15-9-11(3)18-20-15/h5-10,12H,1-4H3,(H,17,19). The van der Waals surface area contributed by atoms with Crippen molar-refractivity contribution in [2.45, 2.75) is 39.7 Å². The first kappa shape index (κ1) is 14.3. The number of hydrogen-bond donors (Lipinski definition) is 1. The van der Waals surface area contributed by atoms with Crippen LogP contribution in [0, 0.1) is 6.92 Å². The van der Waals surface area contributed by atoms with Gasteiger partial charge < -0.3 is 9.84 Å². The summed E-state index contributed by atoms with van der Waals surface area (Å²) in [6.45, 7) is 8.05. The molecule has 1 N–H and O–H groups in total. The van der Waals surface area contributed by atoms with Crippen LogP contribution in [-0.4, -0.2) is 11.1 Å². The first-order valence-corrected chi connectivity index (χ1v) is 6.81. The van der Waals surface area contributed by atoms with Crippen molar-refractivity contribution >= 4 is 5.91 Å². The summed E-state index contributed by atoms with van der Waals surface area (Å²) >= 11 is 0. The highest BCUT2D eigenvalue weighted by molar-refractivity contribution is 5.91. The number of benzene rings is 1. The number of rotatable bonds is 4. The lowest BCUT2D eigenvalue weighted by molar-refractivity contribution is 0.0902. The summed E-state index contributed by atoms with van der Waals surface area (Å²) in [7, 11) is 0. The molecule has 1 amide bonds. The molecule has 4 nitrogen and oxygen atoms in total.